The summed E-state index contributed by atoms with van der Waals surface area (Å²) in [6.45, 7) is 5.30. The van der Waals surface area contributed by atoms with Crippen molar-refractivity contribution in [2.24, 2.45) is 0 Å². The van der Waals surface area contributed by atoms with Gasteiger partial charge in [0.1, 0.15) is 36.6 Å². The molecule has 2 fully saturated rings. The van der Waals surface area contributed by atoms with Crippen LogP contribution in [0.2, 0.25) is 0 Å². The summed E-state index contributed by atoms with van der Waals surface area (Å²) in [7, 11) is -3.83. The summed E-state index contributed by atoms with van der Waals surface area (Å²) < 4.78 is 54.0. The molecule has 12 nitrogen and oxygen atoms in total. The highest BCUT2D eigenvalue weighted by molar-refractivity contribution is 7.85. The zero-order valence-electron chi connectivity index (χ0n) is 27.6. The van der Waals surface area contributed by atoms with Gasteiger partial charge >= 0.3 is 0 Å². The first-order valence-electron chi connectivity index (χ1n) is 17.3. The molecule has 2 aliphatic rings. The van der Waals surface area contributed by atoms with Crippen molar-refractivity contribution in [3.8, 4) is 0 Å². The van der Waals surface area contributed by atoms with E-state index in [1.54, 1.807) is 13.8 Å². The predicted octanol–water partition coefficient (Wildman–Crippen LogP) is 3.59. The zero-order valence-corrected chi connectivity index (χ0v) is 28.4. The van der Waals surface area contributed by atoms with Crippen LogP contribution in [0.1, 0.15) is 130 Å². The number of aliphatic hydroxyl groups excluding tert-OH is 5. The van der Waals surface area contributed by atoms with E-state index in [0.29, 0.717) is 6.42 Å². The first-order valence-corrected chi connectivity index (χ1v) is 18.9. The van der Waals surface area contributed by atoms with Crippen LogP contribution in [0.25, 0.3) is 0 Å². The van der Waals surface area contributed by atoms with Gasteiger partial charge < -0.3 is 44.5 Å². The first-order chi connectivity index (χ1) is 21.4. The van der Waals surface area contributed by atoms with Crippen molar-refractivity contribution in [1.82, 2.24) is 0 Å². The summed E-state index contributed by atoms with van der Waals surface area (Å²) >= 11 is 0. The molecule has 0 aromatic carbocycles. The van der Waals surface area contributed by atoms with Gasteiger partial charge in [0.25, 0.3) is 10.1 Å². The lowest BCUT2D eigenvalue weighted by Crippen LogP contribution is -2.63. The van der Waals surface area contributed by atoms with Crippen LogP contribution in [0.3, 0.4) is 0 Å². The fourth-order valence-electron chi connectivity index (χ4n) is 6.04. The van der Waals surface area contributed by atoms with Gasteiger partial charge in [-0.25, -0.2) is 0 Å². The molecule has 11 unspecified atom stereocenters. The average molecular weight is 671 g/mol. The van der Waals surface area contributed by atoms with Gasteiger partial charge in [-0.05, 0) is 33.1 Å². The molecule has 0 aromatic heterocycles. The van der Waals surface area contributed by atoms with Crippen LogP contribution in [0.4, 0.5) is 0 Å². The molecule has 0 bridgehead atoms. The number of hydrogen-bond donors (Lipinski definition) is 6. The summed E-state index contributed by atoms with van der Waals surface area (Å²) in [5, 5.41) is 52.1. The number of rotatable bonds is 23. The Labute approximate surface area is 270 Å². The minimum atomic E-state index is -3.83. The summed E-state index contributed by atoms with van der Waals surface area (Å²) in [4.78, 5) is 0. The molecule has 2 aliphatic heterocycles. The van der Waals surface area contributed by atoms with E-state index < -0.39 is 71.5 Å². The SMILES string of the molecule is CCCCC(CCCCCCCCCCCCCCCS(=O)(=O)O)OC1OC(C)C(O)C(O)C1OC1OC(C)C(O)C(O)C1O. The summed E-state index contributed by atoms with van der Waals surface area (Å²) in [5.41, 5.74) is 0. The average Bonchev–Trinajstić information content (AvgIpc) is 2.99. The number of aliphatic hydroxyl groups is 5. The van der Waals surface area contributed by atoms with Crippen LogP contribution in [0.15, 0.2) is 0 Å². The summed E-state index contributed by atoms with van der Waals surface area (Å²) in [6, 6.07) is 0. The monoisotopic (exact) mass is 670 g/mol. The Morgan fingerprint density at radius 2 is 1.04 bits per heavy atom. The fraction of sp³-hybridized carbons (Fsp3) is 1.00. The maximum Gasteiger partial charge on any atom is 0.264 e. The summed E-state index contributed by atoms with van der Waals surface area (Å²) in [5.74, 6) is -0.140. The normalized spacial score (nSPS) is 33.4. The molecule has 0 aromatic rings. The Hall–Kier alpha value is -0.450. The van der Waals surface area contributed by atoms with Crippen molar-refractivity contribution in [2.75, 3.05) is 5.75 Å². The van der Waals surface area contributed by atoms with Gasteiger partial charge in [-0.15, -0.1) is 0 Å². The molecular formula is C32H62O12S. The van der Waals surface area contributed by atoms with Gasteiger partial charge in [0.05, 0.1) is 24.1 Å². The highest BCUT2D eigenvalue weighted by Crippen LogP contribution is 2.31. The van der Waals surface area contributed by atoms with E-state index in [-0.39, 0.29) is 11.9 Å². The first kappa shape index (κ1) is 40.7. The fourth-order valence-corrected chi connectivity index (χ4v) is 6.61. The topological polar surface area (TPSA) is 192 Å². The molecular weight excluding hydrogens is 608 g/mol. The van der Waals surface area contributed by atoms with Gasteiger partial charge in [-0.3, -0.25) is 4.55 Å². The lowest BCUT2D eigenvalue weighted by Gasteiger charge is -2.46. The Balaban J connectivity index is 1.72. The van der Waals surface area contributed by atoms with Crippen LogP contribution >= 0.6 is 0 Å². The second-order valence-corrected chi connectivity index (χ2v) is 14.6. The van der Waals surface area contributed by atoms with E-state index in [4.69, 9.17) is 23.5 Å². The van der Waals surface area contributed by atoms with E-state index in [1.807, 2.05) is 0 Å². The third kappa shape index (κ3) is 15.1. The zero-order chi connectivity index (χ0) is 33.4. The Morgan fingerprint density at radius 1 is 0.600 bits per heavy atom. The molecule has 13 heteroatoms. The molecule has 11 atom stereocenters. The molecule has 45 heavy (non-hydrogen) atoms. The number of hydrogen-bond acceptors (Lipinski definition) is 11. The molecule has 0 saturated carbocycles. The van der Waals surface area contributed by atoms with Gasteiger partial charge in [0, 0.05) is 0 Å². The molecule has 0 spiro atoms. The lowest BCUT2D eigenvalue weighted by molar-refractivity contribution is -0.366. The van der Waals surface area contributed by atoms with Crippen molar-refractivity contribution >= 4 is 10.1 Å². The maximum absolute atomic E-state index is 10.9. The van der Waals surface area contributed by atoms with Gasteiger partial charge in [-0.2, -0.15) is 8.42 Å². The second-order valence-electron chi connectivity index (χ2n) is 13.0. The second kappa shape index (κ2) is 21.5. The Kier molecular flexibility index (Phi) is 19.5. The van der Waals surface area contributed by atoms with Crippen molar-refractivity contribution < 1.29 is 57.5 Å². The Morgan fingerprint density at radius 3 is 1.56 bits per heavy atom. The van der Waals surface area contributed by atoms with Gasteiger partial charge in [0.2, 0.25) is 0 Å². The van der Waals surface area contributed by atoms with E-state index in [0.717, 1.165) is 70.6 Å². The smallest absolute Gasteiger partial charge is 0.264 e. The minimum absolute atomic E-state index is 0.140. The molecule has 0 aliphatic carbocycles. The predicted molar refractivity (Wildman–Crippen MR) is 169 cm³/mol. The lowest BCUT2D eigenvalue weighted by atomic mass is 9.97. The van der Waals surface area contributed by atoms with Crippen molar-refractivity contribution in [3.05, 3.63) is 0 Å². The molecule has 2 rings (SSSR count). The molecule has 2 saturated heterocycles. The largest absolute Gasteiger partial charge is 0.388 e. The maximum atomic E-state index is 10.9. The van der Waals surface area contributed by atoms with Crippen LogP contribution < -0.4 is 0 Å². The van der Waals surface area contributed by atoms with Gasteiger partial charge in [0.15, 0.2) is 12.6 Å². The van der Waals surface area contributed by atoms with Gasteiger partial charge in [-0.1, -0.05) is 96.8 Å². The minimum Gasteiger partial charge on any atom is -0.388 e. The van der Waals surface area contributed by atoms with E-state index in [9.17, 15) is 34.0 Å². The standard InChI is InChI=1S/C32H62O12S/c1-4-5-19-24(20-17-15-13-11-9-7-6-8-10-12-14-16-18-21-45(38,39)40)43-32-30(28(36)26(34)23(3)42-32)44-31-29(37)27(35)25(33)22(2)41-31/h22-37H,4-21H2,1-3H3,(H,38,39,40). The summed E-state index contributed by atoms with van der Waals surface area (Å²) in [6.07, 6.45) is 5.23. The van der Waals surface area contributed by atoms with Crippen LogP contribution in [0, 0.1) is 0 Å². The van der Waals surface area contributed by atoms with E-state index in [1.165, 1.54) is 32.1 Å². The highest BCUT2D eigenvalue weighted by Gasteiger charge is 2.50. The molecule has 6 N–H and O–H groups in total. The quantitative estimate of drug-likeness (QED) is 0.0685. The van der Waals surface area contributed by atoms with Crippen LogP contribution in [-0.2, 0) is 29.1 Å². The van der Waals surface area contributed by atoms with Crippen LogP contribution in [-0.4, -0.2) is 112 Å². The highest BCUT2D eigenvalue weighted by atomic mass is 32.2. The third-order valence-corrected chi connectivity index (χ3v) is 9.82. The molecule has 268 valence electrons. The third-order valence-electron chi connectivity index (χ3n) is 9.02. The van der Waals surface area contributed by atoms with Crippen molar-refractivity contribution in [1.29, 1.82) is 0 Å². The van der Waals surface area contributed by atoms with E-state index in [2.05, 4.69) is 6.92 Å². The number of unbranched alkanes of at least 4 members (excludes halogenated alkanes) is 13. The molecule has 0 amide bonds. The Bertz CT molecular complexity index is 876. The van der Waals surface area contributed by atoms with E-state index >= 15 is 0 Å². The molecule has 2 heterocycles. The number of ether oxygens (including phenoxy) is 4. The van der Waals surface area contributed by atoms with Crippen molar-refractivity contribution in [3.63, 3.8) is 0 Å². The van der Waals surface area contributed by atoms with Crippen molar-refractivity contribution in [2.45, 2.75) is 197 Å². The van der Waals surface area contributed by atoms with Crippen LogP contribution in [0.5, 0.6) is 0 Å². The molecule has 0 radical (unpaired) electrons.